The highest BCUT2D eigenvalue weighted by Gasteiger charge is 2.30. The molecule has 12 heteroatoms. The van der Waals surface area contributed by atoms with E-state index in [1.54, 1.807) is 6.92 Å². The zero-order valence-electron chi connectivity index (χ0n) is 28.4. The van der Waals surface area contributed by atoms with Crippen molar-refractivity contribution in [3.8, 4) is 11.1 Å². The Hall–Kier alpha value is -5.10. The van der Waals surface area contributed by atoms with Crippen molar-refractivity contribution in [1.82, 2.24) is 10.6 Å². The third-order valence-electron chi connectivity index (χ3n) is 7.54. The highest BCUT2D eigenvalue weighted by atomic mass is 16.6. The van der Waals surface area contributed by atoms with Crippen molar-refractivity contribution >= 4 is 35.5 Å². The van der Waals surface area contributed by atoms with E-state index in [0.29, 0.717) is 12.8 Å². The molecule has 2 amide bonds. The number of nitrogens with one attached hydrogen (secondary N) is 2. The number of Topliss-reactive ketones (excluding diaryl/α,β-unsaturated/α-hetero) is 2. The second-order valence-corrected chi connectivity index (χ2v) is 11.4. The molecule has 12 nitrogen and oxygen atoms in total. The summed E-state index contributed by atoms with van der Waals surface area (Å²) in [6.07, 6.45) is 3.27. The Morgan fingerprint density at radius 2 is 1.27 bits per heavy atom. The van der Waals surface area contributed by atoms with Crippen LogP contribution in [0.4, 0.5) is 4.79 Å². The molecule has 0 saturated heterocycles. The Morgan fingerprint density at radius 3 is 1.78 bits per heavy atom. The van der Waals surface area contributed by atoms with Crippen molar-refractivity contribution < 1.29 is 43.0 Å². The first-order valence-corrected chi connectivity index (χ1v) is 16.1. The Bertz CT molecular complexity index is 1440. The molecule has 1 aliphatic rings. The molecule has 0 radical (unpaired) electrons. The lowest BCUT2D eigenvalue weighted by Gasteiger charge is -2.22. The van der Waals surface area contributed by atoms with Crippen LogP contribution in [0.25, 0.3) is 11.1 Å². The van der Waals surface area contributed by atoms with Gasteiger partial charge in [0.25, 0.3) is 0 Å². The first-order chi connectivity index (χ1) is 23.4. The summed E-state index contributed by atoms with van der Waals surface area (Å²) < 4.78 is 15.3. The zero-order chi connectivity index (χ0) is 36.3. The van der Waals surface area contributed by atoms with Gasteiger partial charge in [-0.15, -0.1) is 0 Å². The number of hydrogen-bond donors (Lipinski definition) is 3. The number of alkyl carbamates (subject to hydrolysis) is 1. The fourth-order valence-corrected chi connectivity index (χ4v) is 4.97. The molecule has 3 unspecified atom stereocenters. The summed E-state index contributed by atoms with van der Waals surface area (Å²) in [6.45, 7) is 11.7. The molecule has 49 heavy (non-hydrogen) atoms. The molecule has 0 aromatic heterocycles. The van der Waals surface area contributed by atoms with Gasteiger partial charge in [0, 0.05) is 18.8 Å². The van der Waals surface area contributed by atoms with Crippen molar-refractivity contribution in [3.05, 3.63) is 85.0 Å². The zero-order valence-corrected chi connectivity index (χ0v) is 28.4. The van der Waals surface area contributed by atoms with E-state index in [1.165, 1.54) is 26.0 Å². The molecule has 264 valence electrons. The lowest BCUT2D eigenvalue weighted by molar-refractivity contribution is -0.147. The summed E-state index contributed by atoms with van der Waals surface area (Å²) in [6, 6.07) is 13.4. The normalized spacial score (nSPS) is 13.1. The van der Waals surface area contributed by atoms with Crippen LogP contribution in [0.15, 0.2) is 73.8 Å². The van der Waals surface area contributed by atoms with Crippen LogP contribution in [-0.2, 0) is 38.2 Å². The van der Waals surface area contributed by atoms with Gasteiger partial charge in [-0.3, -0.25) is 9.59 Å². The molecular weight excluding hydrogens is 630 g/mol. The maximum atomic E-state index is 12.8. The molecule has 1 aliphatic carbocycles. The van der Waals surface area contributed by atoms with Gasteiger partial charge >= 0.3 is 18.0 Å². The van der Waals surface area contributed by atoms with Gasteiger partial charge in [-0.25, -0.2) is 9.59 Å². The molecule has 0 bridgehead atoms. The number of nitrogens with two attached hydrogens (primary N) is 1. The van der Waals surface area contributed by atoms with E-state index in [-0.39, 0.29) is 56.6 Å². The minimum atomic E-state index is -1.01. The van der Waals surface area contributed by atoms with E-state index in [2.05, 4.69) is 23.8 Å². The van der Waals surface area contributed by atoms with Crippen molar-refractivity contribution in [2.75, 3.05) is 19.8 Å². The number of benzene rings is 2. The molecule has 0 aliphatic heterocycles. The summed E-state index contributed by atoms with van der Waals surface area (Å²) in [5.41, 5.74) is 9.85. The molecule has 0 heterocycles. The predicted molar refractivity (Wildman–Crippen MR) is 184 cm³/mol. The van der Waals surface area contributed by atoms with Gasteiger partial charge in [0.2, 0.25) is 5.91 Å². The number of ketones is 2. The van der Waals surface area contributed by atoms with E-state index >= 15 is 0 Å². The lowest BCUT2D eigenvalue weighted by Crippen LogP contribution is -2.52. The number of amides is 2. The van der Waals surface area contributed by atoms with Crippen LogP contribution < -0.4 is 16.4 Å². The first kappa shape index (κ1) is 40.1. The first-order valence-electron chi connectivity index (χ1n) is 16.1. The van der Waals surface area contributed by atoms with Gasteiger partial charge in [0.05, 0.1) is 0 Å². The SMILES string of the molecule is C=CCOC(=O)C(CCC(C)=O)NC(=O)C(CC)NC(=O)OCC1c2ccccc2-c2ccccc21.C=CCOC(=O)C(N)CCC(C)=O. The van der Waals surface area contributed by atoms with Crippen molar-refractivity contribution in [1.29, 1.82) is 0 Å². The Balaban J connectivity index is 0.000000543. The topological polar surface area (TPSA) is 180 Å². The average Bonchev–Trinajstić information content (AvgIpc) is 3.41. The smallest absolute Gasteiger partial charge is 0.407 e. The van der Waals surface area contributed by atoms with E-state index < -0.39 is 42.1 Å². The van der Waals surface area contributed by atoms with Crippen molar-refractivity contribution in [2.45, 2.75) is 76.9 Å². The van der Waals surface area contributed by atoms with Gasteiger partial charge in [0.15, 0.2) is 0 Å². The second-order valence-electron chi connectivity index (χ2n) is 11.4. The van der Waals surface area contributed by atoms with E-state index in [1.807, 2.05) is 48.5 Å². The molecule has 0 saturated carbocycles. The number of fused-ring (bicyclic) bond motifs is 3. The highest BCUT2D eigenvalue weighted by Crippen LogP contribution is 2.44. The fraction of sp³-hybridized carbons (Fsp3) is 0.405. The van der Waals surface area contributed by atoms with Crippen LogP contribution in [-0.4, -0.2) is 73.5 Å². The number of rotatable bonds is 18. The molecule has 2 aromatic rings. The second kappa shape index (κ2) is 21.0. The van der Waals surface area contributed by atoms with Crippen LogP contribution in [0.3, 0.4) is 0 Å². The van der Waals surface area contributed by atoms with E-state index in [0.717, 1.165) is 22.3 Å². The molecular formula is C37H47N3O9. The van der Waals surface area contributed by atoms with Gasteiger partial charge in [-0.2, -0.15) is 0 Å². The molecule has 0 fully saturated rings. The Morgan fingerprint density at radius 1 is 0.755 bits per heavy atom. The van der Waals surface area contributed by atoms with Crippen LogP contribution in [0.5, 0.6) is 0 Å². The number of esters is 2. The third-order valence-corrected chi connectivity index (χ3v) is 7.54. The van der Waals surface area contributed by atoms with Crippen LogP contribution in [0.2, 0.25) is 0 Å². The Kier molecular flexibility index (Phi) is 17.2. The standard InChI is InChI=1S/C28H32N2O6.C9H15NO3/c1-4-16-35-27(33)25(15-14-18(3)31)29-26(32)24(5-2)30-28(34)36-17-23-21-12-8-6-10-19(21)20-11-7-9-13-22(20)23;1-3-6-13-9(12)8(10)5-4-7(2)11/h4,6-13,23-25H,1,5,14-17H2,2-3H3,(H,29,32)(H,30,34);3,8H,1,4-6,10H2,2H3. The monoisotopic (exact) mass is 677 g/mol. The van der Waals surface area contributed by atoms with Crippen LogP contribution in [0.1, 0.15) is 69.9 Å². The molecule has 3 rings (SSSR count). The minimum absolute atomic E-state index is 0.0134. The highest BCUT2D eigenvalue weighted by molar-refractivity contribution is 5.90. The Labute approximate surface area is 287 Å². The maximum Gasteiger partial charge on any atom is 0.407 e. The van der Waals surface area contributed by atoms with Crippen molar-refractivity contribution in [3.63, 3.8) is 0 Å². The van der Waals surface area contributed by atoms with Crippen molar-refractivity contribution in [2.24, 2.45) is 5.73 Å². The molecule has 0 spiro atoms. The largest absolute Gasteiger partial charge is 0.460 e. The summed E-state index contributed by atoms with van der Waals surface area (Å²) in [7, 11) is 0. The predicted octanol–water partition coefficient (Wildman–Crippen LogP) is 4.30. The summed E-state index contributed by atoms with van der Waals surface area (Å²) in [5.74, 6) is -1.91. The fourth-order valence-electron chi connectivity index (χ4n) is 4.97. The average molecular weight is 678 g/mol. The number of carbonyl (C=O) groups excluding carboxylic acids is 6. The maximum absolute atomic E-state index is 12.8. The van der Waals surface area contributed by atoms with Gasteiger partial charge in [-0.05, 0) is 55.4 Å². The molecule has 3 atom stereocenters. The quantitative estimate of drug-likeness (QED) is 0.117. The number of hydrogen-bond acceptors (Lipinski definition) is 10. The summed E-state index contributed by atoms with van der Waals surface area (Å²) in [4.78, 5) is 70.7. The molecule has 4 N–H and O–H groups in total. The van der Waals surface area contributed by atoms with Gasteiger partial charge in [-0.1, -0.05) is 80.8 Å². The van der Waals surface area contributed by atoms with Gasteiger partial charge in [0.1, 0.15) is 49.5 Å². The minimum Gasteiger partial charge on any atom is -0.460 e. The lowest BCUT2D eigenvalue weighted by atomic mass is 9.98. The molecule has 2 aromatic carbocycles. The van der Waals surface area contributed by atoms with E-state index in [4.69, 9.17) is 19.9 Å². The summed E-state index contributed by atoms with van der Waals surface area (Å²) >= 11 is 0. The van der Waals surface area contributed by atoms with Crippen LogP contribution >= 0.6 is 0 Å². The number of ether oxygens (including phenoxy) is 3. The summed E-state index contributed by atoms with van der Waals surface area (Å²) in [5, 5.41) is 5.17. The number of carbonyl (C=O) groups is 6. The van der Waals surface area contributed by atoms with Gasteiger partial charge < -0.3 is 40.2 Å². The third kappa shape index (κ3) is 13.1. The van der Waals surface area contributed by atoms with E-state index in [9.17, 15) is 28.8 Å². The van der Waals surface area contributed by atoms with Crippen LogP contribution in [0, 0.1) is 0 Å².